The number of rotatable bonds is 6. The van der Waals surface area contributed by atoms with Gasteiger partial charge in [-0.3, -0.25) is 9.59 Å². The maximum atomic E-state index is 12.9. The maximum absolute atomic E-state index is 12.9. The van der Waals surface area contributed by atoms with Gasteiger partial charge in [-0.15, -0.1) is 0 Å². The predicted molar refractivity (Wildman–Crippen MR) is 96.2 cm³/mol. The number of aryl methyl sites for hydroxylation is 1. The van der Waals surface area contributed by atoms with Crippen LogP contribution in [0.1, 0.15) is 34.5 Å². The van der Waals surface area contributed by atoms with Gasteiger partial charge in [-0.25, -0.2) is 0 Å². The number of hydrogen-bond donors (Lipinski definition) is 1. The largest absolute Gasteiger partial charge is 0.416 e. The van der Waals surface area contributed by atoms with E-state index in [1.807, 2.05) is 0 Å². The summed E-state index contributed by atoms with van der Waals surface area (Å²) in [7, 11) is 0. The third kappa shape index (κ3) is 5.57. The quantitative estimate of drug-likeness (QED) is 0.789. The van der Waals surface area contributed by atoms with Crippen LogP contribution in [0.15, 0.2) is 34.9 Å². The molecular formula is C19H20F3N3O4. The lowest BCUT2D eigenvalue weighted by atomic mass is 10.1. The molecule has 1 atom stereocenters. The van der Waals surface area contributed by atoms with Gasteiger partial charge in [-0.2, -0.15) is 13.2 Å². The molecule has 10 heteroatoms. The van der Waals surface area contributed by atoms with Crippen LogP contribution in [0.5, 0.6) is 0 Å². The first-order valence-corrected chi connectivity index (χ1v) is 9.03. The molecule has 2 amide bonds. The molecule has 7 nitrogen and oxygen atoms in total. The molecule has 29 heavy (non-hydrogen) atoms. The molecule has 1 saturated heterocycles. The number of nitrogens with zero attached hydrogens (tertiary/aromatic N) is 2. The van der Waals surface area contributed by atoms with Crippen LogP contribution >= 0.6 is 0 Å². The third-order valence-corrected chi connectivity index (χ3v) is 4.42. The van der Waals surface area contributed by atoms with Crippen LogP contribution in [0, 0.1) is 6.92 Å². The molecular weight excluding hydrogens is 391 g/mol. The van der Waals surface area contributed by atoms with Crippen molar-refractivity contribution in [3.8, 4) is 0 Å². The Hall–Kier alpha value is -2.88. The number of benzene rings is 1. The Balaban J connectivity index is 1.73. The number of amides is 2. The Labute approximate surface area is 164 Å². The number of halogens is 3. The predicted octanol–water partition coefficient (Wildman–Crippen LogP) is 3.26. The van der Waals surface area contributed by atoms with Crippen molar-refractivity contribution >= 4 is 17.6 Å². The molecule has 2 heterocycles. The van der Waals surface area contributed by atoms with Gasteiger partial charge in [-0.1, -0.05) is 5.16 Å². The molecule has 0 bridgehead atoms. The third-order valence-electron chi connectivity index (χ3n) is 4.42. The first-order chi connectivity index (χ1) is 13.7. The monoisotopic (exact) mass is 411 g/mol. The summed E-state index contributed by atoms with van der Waals surface area (Å²) < 4.78 is 48.7. The zero-order valence-corrected chi connectivity index (χ0v) is 15.7. The molecule has 0 radical (unpaired) electrons. The molecule has 0 spiro atoms. The Morgan fingerprint density at radius 1 is 1.28 bits per heavy atom. The molecule has 1 fully saturated rings. The van der Waals surface area contributed by atoms with Crippen LogP contribution in [0.25, 0.3) is 0 Å². The van der Waals surface area contributed by atoms with Crippen LogP contribution in [0.2, 0.25) is 0 Å². The summed E-state index contributed by atoms with van der Waals surface area (Å²) in [5, 5.41) is 6.19. The van der Waals surface area contributed by atoms with E-state index in [0.717, 1.165) is 37.1 Å². The van der Waals surface area contributed by atoms with E-state index in [9.17, 15) is 22.8 Å². The van der Waals surface area contributed by atoms with Crippen LogP contribution in [0.3, 0.4) is 0 Å². The Morgan fingerprint density at radius 3 is 2.55 bits per heavy atom. The van der Waals surface area contributed by atoms with E-state index >= 15 is 0 Å². The summed E-state index contributed by atoms with van der Waals surface area (Å²) in [6.07, 6.45) is -3.14. The van der Waals surface area contributed by atoms with Gasteiger partial charge in [0, 0.05) is 24.8 Å². The molecule has 1 aliphatic rings. The lowest BCUT2D eigenvalue weighted by Gasteiger charge is -2.25. The smallest absolute Gasteiger partial charge is 0.376 e. The van der Waals surface area contributed by atoms with Crippen LogP contribution < -0.4 is 5.32 Å². The lowest BCUT2D eigenvalue weighted by molar-refractivity contribution is -0.137. The Morgan fingerprint density at radius 2 is 2.00 bits per heavy atom. The second-order valence-electron chi connectivity index (χ2n) is 6.77. The normalized spacial score (nSPS) is 16.6. The molecule has 2 aromatic rings. The molecule has 1 aliphatic heterocycles. The molecule has 0 saturated carbocycles. The molecule has 1 aromatic heterocycles. The number of anilines is 1. The highest BCUT2D eigenvalue weighted by Gasteiger charge is 2.31. The number of carbonyl (C=O) groups excluding carboxylic acids is 2. The van der Waals surface area contributed by atoms with Gasteiger partial charge in [0.15, 0.2) is 5.82 Å². The van der Waals surface area contributed by atoms with Crippen molar-refractivity contribution in [2.45, 2.75) is 32.0 Å². The number of alkyl halides is 3. The fraction of sp³-hybridized carbons (Fsp3) is 0.421. The van der Waals surface area contributed by atoms with Crippen molar-refractivity contribution < 1.29 is 32.0 Å². The van der Waals surface area contributed by atoms with E-state index in [2.05, 4.69) is 10.5 Å². The average Bonchev–Trinajstić information content (AvgIpc) is 3.31. The second-order valence-corrected chi connectivity index (χ2v) is 6.77. The average molecular weight is 411 g/mol. The van der Waals surface area contributed by atoms with Crippen molar-refractivity contribution in [3.63, 3.8) is 0 Å². The second kappa shape index (κ2) is 8.64. The van der Waals surface area contributed by atoms with Gasteiger partial charge in [0.2, 0.25) is 5.91 Å². The fourth-order valence-corrected chi connectivity index (χ4v) is 3.02. The topological polar surface area (TPSA) is 84.7 Å². The van der Waals surface area contributed by atoms with E-state index < -0.39 is 23.6 Å². The number of carbonyl (C=O) groups is 2. The van der Waals surface area contributed by atoms with E-state index in [-0.39, 0.29) is 30.6 Å². The van der Waals surface area contributed by atoms with Gasteiger partial charge in [-0.05, 0) is 44.0 Å². The van der Waals surface area contributed by atoms with E-state index in [1.54, 1.807) is 6.92 Å². The minimum absolute atomic E-state index is 0.0566. The Kier molecular flexibility index (Phi) is 6.21. The SMILES string of the molecule is Cc1cc(NC(=O)CN(CC2CCCO2)C(=O)c2ccc(C(F)(F)F)cc2)no1. The summed E-state index contributed by atoms with van der Waals surface area (Å²) in [5.74, 6) is -0.332. The summed E-state index contributed by atoms with van der Waals surface area (Å²) in [4.78, 5) is 26.5. The maximum Gasteiger partial charge on any atom is 0.416 e. The summed E-state index contributed by atoms with van der Waals surface area (Å²) in [5.41, 5.74) is -0.792. The molecule has 3 rings (SSSR count). The highest BCUT2D eigenvalue weighted by Crippen LogP contribution is 2.29. The van der Waals surface area contributed by atoms with Gasteiger partial charge >= 0.3 is 6.18 Å². The zero-order valence-electron chi connectivity index (χ0n) is 15.7. The standard InChI is InChI=1S/C19H20F3N3O4/c1-12-9-16(24-29-12)23-17(26)11-25(10-15-3-2-8-28-15)18(27)13-4-6-14(7-5-13)19(20,21)22/h4-7,9,15H,2-3,8,10-11H2,1H3,(H,23,24,26). The highest BCUT2D eigenvalue weighted by atomic mass is 19.4. The van der Waals surface area contributed by atoms with Crippen molar-refractivity contribution in [1.29, 1.82) is 0 Å². The lowest BCUT2D eigenvalue weighted by Crippen LogP contribution is -2.42. The summed E-state index contributed by atoms with van der Waals surface area (Å²) >= 11 is 0. The van der Waals surface area contributed by atoms with E-state index in [4.69, 9.17) is 9.26 Å². The summed E-state index contributed by atoms with van der Waals surface area (Å²) in [6.45, 7) is 2.09. The van der Waals surface area contributed by atoms with Crippen molar-refractivity contribution in [1.82, 2.24) is 10.1 Å². The molecule has 156 valence electrons. The molecule has 1 unspecified atom stereocenters. The first-order valence-electron chi connectivity index (χ1n) is 9.03. The number of ether oxygens (including phenoxy) is 1. The van der Waals surface area contributed by atoms with Crippen LogP contribution in [-0.2, 0) is 15.7 Å². The minimum Gasteiger partial charge on any atom is -0.376 e. The number of aromatic nitrogens is 1. The Bertz CT molecular complexity index is 858. The van der Waals surface area contributed by atoms with Gasteiger partial charge < -0.3 is 19.5 Å². The number of hydrogen-bond acceptors (Lipinski definition) is 5. The fourth-order valence-electron chi connectivity index (χ4n) is 3.02. The van der Waals surface area contributed by atoms with Crippen LogP contribution in [-0.4, -0.2) is 47.7 Å². The number of nitrogens with one attached hydrogen (secondary N) is 1. The molecule has 0 aliphatic carbocycles. The van der Waals surface area contributed by atoms with E-state index in [1.165, 1.54) is 11.0 Å². The molecule has 1 N–H and O–H groups in total. The van der Waals surface area contributed by atoms with Crippen molar-refractivity contribution in [3.05, 3.63) is 47.2 Å². The molecule has 1 aromatic carbocycles. The van der Waals surface area contributed by atoms with Gasteiger partial charge in [0.1, 0.15) is 12.3 Å². The van der Waals surface area contributed by atoms with Crippen LogP contribution in [0.4, 0.5) is 19.0 Å². The summed E-state index contributed by atoms with van der Waals surface area (Å²) in [6, 6.07) is 5.42. The minimum atomic E-state index is -4.49. The van der Waals surface area contributed by atoms with E-state index in [0.29, 0.717) is 12.4 Å². The first kappa shape index (κ1) is 20.8. The zero-order chi connectivity index (χ0) is 21.0. The van der Waals surface area contributed by atoms with Crippen molar-refractivity contribution in [2.24, 2.45) is 0 Å². The highest BCUT2D eigenvalue weighted by molar-refractivity contribution is 5.99. The van der Waals surface area contributed by atoms with Crippen molar-refractivity contribution in [2.75, 3.05) is 25.0 Å². The van der Waals surface area contributed by atoms with Gasteiger partial charge in [0.25, 0.3) is 5.91 Å². The van der Waals surface area contributed by atoms with Gasteiger partial charge in [0.05, 0.1) is 11.7 Å².